The molecule has 0 bridgehead atoms. The van der Waals surface area contributed by atoms with E-state index in [2.05, 4.69) is 4.90 Å². The maximum Gasteiger partial charge on any atom is 0.259 e. The Morgan fingerprint density at radius 3 is 2.64 bits per heavy atom. The number of hydrogen-bond acceptors (Lipinski definition) is 5. The highest BCUT2D eigenvalue weighted by Crippen LogP contribution is 2.28. The largest absolute Gasteiger partial charge is 0.496 e. The Morgan fingerprint density at radius 1 is 1.21 bits per heavy atom. The van der Waals surface area contributed by atoms with Crippen molar-refractivity contribution < 1.29 is 18.3 Å². The second-order valence-corrected chi connectivity index (χ2v) is 8.28. The summed E-state index contributed by atoms with van der Waals surface area (Å²) in [4.78, 5) is 30.3. The molecule has 8 heteroatoms. The second-order valence-electron chi connectivity index (χ2n) is 8.28. The summed E-state index contributed by atoms with van der Waals surface area (Å²) in [5.74, 6) is 0.458. The van der Waals surface area contributed by atoms with E-state index in [1.54, 1.807) is 41.0 Å². The lowest BCUT2D eigenvalue weighted by atomic mass is 10.1. The van der Waals surface area contributed by atoms with Gasteiger partial charge in [0.15, 0.2) is 0 Å². The number of hydrogen-bond donors (Lipinski definition) is 0. The molecule has 2 aromatic heterocycles. The number of rotatable bonds is 6. The lowest BCUT2D eigenvalue weighted by molar-refractivity contribution is 0.0720. The van der Waals surface area contributed by atoms with E-state index in [9.17, 15) is 14.0 Å². The van der Waals surface area contributed by atoms with Gasteiger partial charge in [0, 0.05) is 51.4 Å². The van der Waals surface area contributed by atoms with E-state index in [1.165, 1.54) is 25.3 Å². The fraction of sp³-hybridized carbons (Fsp3) is 0.360. The summed E-state index contributed by atoms with van der Waals surface area (Å²) in [6.07, 6.45) is 2.09. The van der Waals surface area contributed by atoms with E-state index >= 15 is 0 Å². The molecule has 0 radical (unpaired) electrons. The van der Waals surface area contributed by atoms with Gasteiger partial charge in [-0.3, -0.25) is 14.5 Å². The van der Waals surface area contributed by atoms with Crippen molar-refractivity contribution in [1.82, 2.24) is 14.4 Å². The van der Waals surface area contributed by atoms with Gasteiger partial charge in [0.1, 0.15) is 22.9 Å². The van der Waals surface area contributed by atoms with Crippen LogP contribution in [0.1, 0.15) is 40.3 Å². The molecule has 0 N–H and O–H groups in total. The zero-order valence-corrected chi connectivity index (χ0v) is 19.1. The van der Waals surface area contributed by atoms with Crippen molar-refractivity contribution in [1.29, 1.82) is 0 Å². The fourth-order valence-electron chi connectivity index (χ4n) is 4.26. The van der Waals surface area contributed by atoms with Gasteiger partial charge in [-0.25, -0.2) is 4.39 Å². The van der Waals surface area contributed by atoms with Crippen molar-refractivity contribution in [2.45, 2.75) is 32.5 Å². The molecule has 33 heavy (non-hydrogen) atoms. The minimum Gasteiger partial charge on any atom is -0.496 e. The van der Waals surface area contributed by atoms with Gasteiger partial charge in [-0.1, -0.05) is 12.1 Å². The second kappa shape index (κ2) is 9.62. The Balaban J connectivity index is 1.63. The SMILES string of the molecule is COc1cc(=O)n2c(c1C(=O)N(C)[C@H](C)c1ccco1)CCN(Cc1ccc(F)cc1)CC2. The molecule has 4 rings (SSSR count). The van der Waals surface area contributed by atoms with Crippen LogP contribution in [0.15, 0.2) is 57.9 Å². The molecule has 1 aliphatic rings. The number of aromatic nitrogens is 1. The van der Waals surface area contributed by atoms with Gasteiger partial charge < -0.3 is 18.6 Å². The molecule has 0 saturated heterocycles. The minimum absolute atomic E-state index is 0.191. The predicted molar refractivity (Wildman–Crippen MR) is 122 cm³/mol. The van der Waals surface area contributed by atoms with Crippen LogP contribution < -0.4 is 10.3 Å². The van der Waals surface area contributed by atoms with Crippen molar-refractivity contribution in [3.8, 4) is 5.75 Å². The van der Waals surface area contributed by atoms with Crippen molar-refractivity contribution in [2.24, 2.45) is 0 Å². The highest BCUT2D eigenvalue weighted by Gasteiger charge is 2.29. The molecule has 0 unspecified atom stereocenters. The van der Waals surface area contributed by atoms with Crippen LogP contribution in [-0.2, 0) is 19.5 Å². The van der Waals surface area contributed by atoms with Crippen LogP contribution in [0, 0.1) is 5.82 Å². The zero-order valence-electron chi connectivity index (χ0n) is 19.1. The number of benzene rings is 1. The maximum absolute atomic E-state index is 13.6. The average Bonchev–Trinajstić information content (AvgIpc) is 3.28. The third-order valence-electron chi connectivity index (χ3n) is 6.30. The third-order valence-corrected chi connectivity index (χ3v) is 6.30. The lowest BCUT2D eigenvalue weighted by Crippen LogP contribution is -2.34. The highest BCUT2D eigenvalue weighted by molar-refractivity contribution is 5.98. The molecule has 3 heterocycles. The summed E-state index contributed by atoms with van der Waals surface area (Å²) < 4.78 is 25.9. The van der Waals surface area contributed by atoms with Crippen molar-refractivity contribution in [3.05, 3.63) is 87.5 Å². The van der Waals surface area contributed by atoms with Crippen LogP contribution in [0.5, 0.6) is 5.75 Å². The number of furan rings is 1. The number of amides is 1. The van der Waals surface area contributed by atoms with Crippen molar-refractivity contribution in [3.63, 3.8) is 0 Å². The predicted octanol–water partition coefficient (Wildman–Crippen LogP) is 3.48. The molecule has 0 fully saturated rings. The molecule has 7 nitrogen and oxygen atoms in total. The Labute approximate surface area is 192 Å². The first kappa shape index (κ1) is 22.8. The van der Waals surface area contributed by atoms with Gasteiger partial charge >= 0.3 is 0 Å². The standard InChI is InChI=1S/C25H28FN3O4/c1-17(21-5-4-14-33-21)27(2)25(31)24-20-10-11-28(16-18-6-8-19(26)9-7-18)12-13-29(20)23(30)15-22(24)32-3/h4-9,14-15,17H,10-13,16H2,1-3H3/t17-/m1/s1. The summed E-state index contributed by atoms with van der Waals surface area (Å²) in [7, 11) is 3.19. The molecule has 1 aromatic carbocycles. The number of pyridine rings is 1. The van der Waals surface area contributed by atoms with Gasteiger partial charge in [-0.15, -0.1) is 0 Å². The Hall–Kier alpha value is -3.39. The van der Waals surface area contributed by atoms with E-state index < -0.39 is 0 Å². The average molecular weight is 454 g/mol. The zero-order chi connectivity index (χ0) is 23.5. The molecular formula is C25H28FN3O4. The van der Waals surface area contributed by atoms with Crippen LogP contribution in [0.25, 0.3) is 0 Å². The van der Waals surface area contributed by atoms with E-state index in [0.29, 0.717) is 49.6 Å². The Morgan fingerprint density at radius 2 is 1.97 bits per heavy atom. The normalized spacial score (nSPS) is 14.9. The Bertz CT molecular complexity index is 1170. The molecule has 1 atom stereocenters. The van der Waals surface area contributed by atoms with Gasteiger partial charge in [0.05, 0.1) is 19.4 Å². The number of ether oxygens (including phenoxy) is 1. The van der Waals surface area contributed by atoms with Gasteiger partial charge in [-0.2, -0.15) is 0 Å². The monoisotopic (exact) mass is 453 g/mol. The smallest absolute Gasteiger partial charge is 0.259 e. The molecular weight excluding hydrogens is 425 g/mol. The van der Waals surface area contributed by atoms with E-state index in [1.807, 2.05) is 13.0 Å². The molecule has 0 aliphatic carbocycles. The molecule has 0 spiro atoms. The number of halogens is 1. The topological polar surface area (TPSA) is 67.9 Å². The first-order valence-electron chi connectivity index (χ1n) is 11.0. The molecule has 174 valence electrons. The first-order chi connectivity index (χ1) is 15.9. The fourth-order valence-corrected chi connectivity index (χ4v) is 4.26. The summed E-state index contributed by atoms with van der Waals surface area (Å²) in [6.45, 7) is 4.28. The van der Waals surface area contributed by atoms with Crippen LogP contribution in [0.2, 0.25) is 0 Å². The van der Waals surface area contributed by atoms with Crippen LogP contribution in [0.3, 0.4) is 0 Å². The number of nitrogens with zero attached hydrogens (tertiary/aromatic N) is 3. The number of methoxy groups -OCH3 is 1. The molecule has 3 aromatic rings. The highest BCUT2D eigenvalue weighted by atomic mass is 19.1. The van der Waals surface area contributed by atoms with Crippen molar-refractivity contribution in [2.75, 3.05) is 27.2 Å². The summed E-state index contributed by atoms with van der Waals surface area (Å²) >= 11 is 0. The lowest BCUT2D eigenvalue weighted by Gasteiger charge is -2.26. The van der Waals surface area contributed by atoms with Gasteiger partial charge in [-0.05, 0) is 36.8 Å². The van der Waals surface area contributed by atoms with Crippen molar-refractivity contribution >= 4 is 5.91 Å². The molecule has 1 amide bonds. The molecule has 0 saturated carbocycles. The van der Waals surface area contributed by atoms with E-state index in [4.69, 9.17) is 9.15 Å². The van der Waals surface area contributed by atoms with E-state index in [-0.39, 0.29) is 29.1 Å². The summed E-state index contributed by atoms with van der Waals surface area (Å²) in [6, 6.07) is 11.1. The van der Waals surface area contributed by atoms with Crippen LogP contribution in [0.4, 0.5) is 4.39 Å². The maximum atomic E-state index is 13.6. The third kappa shape index (κ3) is 4.71. The van der Waals surface area contributed by atoms with Gasteiger partial charge in [0.2, 0.25) is 0 Å². The first-order valence-corrected chi connectivity index (χ1v) is 11.0. The summed E-state index contributed by atoms with van der Waals surface area (Å²) in [5.41, 5.74) is 1.88. The number of carbonyl (C=O) groups is 1. The minimum atomic E-state index is -0.287. The van der Waals surface area contributed by atoms with Crippen LogP contribution >= 0.6 is 0 Å². The number of carbonyl (C=O) groups excluding carboxylic acids is 1. The summed E-state index contributed by atoms with van der Waals surface area (Å²) in [5, 5.41) is 0. The Kier molecular flexibility index (Phi) is 6.65. The van der Waals surface area contributed by atoms with E-state index in [0.717, 1.165) is 5.56 Å². The quantitative estimate of drug-likeness (QED) is 0.572. The number of fused-ring (bicyclic) bond motifs is 1. The van der Waals surface area contributed by atoms with Gasteiger partial charge in [0.25, 0.3) is 11.5 Å². The molecule has 1 aliphatic heterocycles. The van der Waals surface area contributed by atoms with Crippen LogP contribution in [-0.4, -0.2) is 47.5 Å².